The monoisotopic (exact) mass is 307 g/mol. The maximum atomic E-state index is 6.27. The second-order valence-corrected chi connectivity index (χ2v) is 5.75. The number of rotatable bonds is 5. The molecule has 3 heteroatoms. The van der Waals surface area contributed by atoms with Crippen molar-refractivity contribution >= 4 is 23.2 Å². The second-order valence-electron chi connectivity index (χ2n) is 4.91. The van der Waals surface area contributed by atoms with Gasteiger partial charge in [-0.1, -0.05) is 54.4 Å². The van der Waals surface area contributed by atoms with Crippen molar-refractivity contribution in [1.29, 1.82) is 0 Å². The van der Waals surface area contributed by atoms with Crippen molar-refractivity contribution in [1.82, 2.24) is 5.32 Å². The van der Waals surface area contributed by atoms with Gasteiger partial charge < -0.3 is 5.32 Å². The Labute approximate surface area is 130 Å². The fraction of sp³-hybridized carbons (Fsp3) is 0.294. The summed E-state index contributed by atoms with van der Waals surface area (Å²) in [6.45, 7) is 5.13. The highest BCUT2D eigenvalue weighted by molar-refractivity contribution is 6.31. The standard InChI is InChI=1S/C17H19Cl2N/c1-3-20-17(11-13-6-4-5-7-16(13)19)15-9-8-14(18)10-12(15)2/h4-10,17,20H,3,11H2,1-2H3. The smallest absolute Gasteiger partial charge is 0.0438 e. The molecular formula is C17H19Cl2N. The lowest BCUT2D eigenvalue weighted by Gasteiger charge is -2.21. The van der Waals surface area contributed by atoms with Crippen molar-refractivity contribution in [3.8, 4) is 0 Å². The maximum Gasteiger partial charge on any atom is 0.0438 e. The topological polar surface area (TPSA) is 12.0 Å². The first kappa shape index (κ1) is 15.4. The lowest BCUT2D eigenvalue weighted by atomic mass is 9.95. The number of hydrogen-bond donors (Lipinski definition) is 1. The van der Waals surface area contributed by atoms with Gasteiger partial charge in [-0.15, -0.1) is 0 Å². The van der Waals surface area contributed by atoms with Gasteiger partial charge in [-0.2, -0.15) is 0 Å². The van der Waals surface area contributed by atoms with Crippen molar-refractivity contribution in [3.05, 3.63) is 69.2 Å². The first-order chi connectivity index (χ1) is 9.61. The molecule has 0 aliphatic carbocycles. The van der Waals surface area contributed by atoms with Gasteiger partial charge in [-0.25, -0.2) is 0 Å². The molecule has 0 radical (unpaired) electrons. The average Bonchev–Trinajstić information content (AvgIpc) is 2.41. The Hall–Kier alpha value is -1.02. The van der Waals surface area contributed by atoms with Crippen LogP contribution in [0.4, 0.5) is 0 Å². The summed E-state index contributed by atoms with van der Waals surface area (Å²) in [6.07, 6.45) is 0.871. The number of benzene rings is 2. The Bertz CT molecular complexity index is 581. The van der Waals surface area contributed by atoms with Gasteiger partial charge in [0, 0.05) is 16.1 Å². The summed E-state index contributed by atoms with van der Waals surface area (Å²) < 4.78 is 0. The van der Waals surface area contributed by atoms with Crippen molar-refractivity contribution in [2.75, 3.05) is 6.54 Å². The van der Waals surface area contributed by atoms with Crippen molar-refractivity contribution in [2.45, 2.75) is 26.3 Å². The van der Waals surface area contributed by atoms with Crippen LogP contribution in [0.15, 0.2) is 42.5 Å². The Morgan fingerprint density at radius 3 is 2.50 bits per heavy atom. The minimum Gasteiger partial charge on any atom is -0.310 e. The largest absolute Gasteiger partial charge is 0.310 e. The Morgan fingerprint density at radius 2 is 1.85 bits per heavy atom. The van der Waals surface area contributed by atoms with E-state index in [4.69, 9.17) is 23.2 Å². The molecule has 0 fully saturated rings. The van der Waals surface area contributed by atoms with Crippen molar-refractivity contribution in [3.63, 3.8) is 0 Å². The highest BCUT2D eigenvalue weighted by Gasteiger charge is 2.15. The first-order valence-corrected chi connectivity index (χ1v) is 7.60. The van der Waals surface area contributed by atoms with Gasteiger partial charge in [-0.3, -0.25) is 0 Å². The Morgan fingerprint density at radius 1 is 1.10 bits per heavy atom. The zero-order valence-corrected chi connectivity index (χ0v) is 13.3. The van der Waals surface area contributed by atoms with Crippen molar-refractivity contribution in [2.24, 2.45) is 0 Å². The molecule has 20 heavy (non-hydrogen) atoms. The van der Waals surface area contributed by atoms with Crippen LogP contribution < -0.4 is 5.32 Å². The lowest BCUT2D eigenvalue weighted by Crippen LogP contribution is -2.23. The van der Waals surface area contributed by atoms with Gasteiger partial charge in [0.2, 0.25) is 0 Å². The van der Waals surface area contributed by atoms with Crippen LogP contribution in [-0.2, 0) is 6.42 Å². The van der Waals surface area contributed by atoms with E-state index in [0.29, 0.717) is 0 Å². The minimum atomic E-state index is 0.247. The number of likely N-dealkylation sites (N-methyl/N-ethyl adjacent to an activating group) is 1. The number of aryl methyl sites for hydroxylation is 1. The molecule has 0 aromatic heterocycles. The summed E-state index contributed by atoms with van der Waals surface area (Å²) in [5.74, 6) is 0. The summed E-state index contributed by atoms with van der Waals surface area (Å²) in [4.78, 5) is 0. The molecule has 0 heterocycles. The van der Waals surface area contributed by atoms with Crippen LogP contribution in [0.5, 0.6) is 0 Å². The van der Waals surface area contributed by atoms with E-state index in [9.17, 15) is 0 Å². The molecule has 1 unspecified atom stereocenters. The quantitative estimate of drug-likeness (QED) is 0.801. The van der Waals surface area contributed by atoms with Gasteiger partial charge in [0.15, 0.2) is 0 Å². The third kappa shape index (κ3) is 3.76. The molecule has 2 aromatic carbocycles. The molecule has 2 aromatic rings. The lowest BCUT2D eigenvalue weighted by molar-refractivity contribution is 0.547. The highest BCUT2D eigenvalue weighted by Crippen LogP contribution is 2.27. The van der Waals surface area contributed by atoms with Crippen LogP contribution in [0.2, 0.25) is 10.0 Å². The third-order valence-electron chi connectivity index (χ3n) is 3.44. The summed E-state index contributed by atoms with van der Waals surface area (Å²) in [5, 5.41) is 5.13. The third-order valence-corrected chi connectivity index (χ3v) is 4.04. The fourth-order valence-electron chi connectivity index (χ4n) is 2.45. The van der Waals surface area contributed by atoms with E-state index in [0.717, 1.165) is 28.6 Å². The van der Waals surface area contributed by atoms with Gasteiger partial charge in [0.25, 0.3) is 0 Å². The average molecular weight is 308 g/mol. The summed E-state index contributed by atoms with van der Waals surface area (Å²) in [6, 6.07) is 14.3. The van der Waals surface area contributed by atoms with E-state index >= 15 is 0 Å². The van der Waals surface area contributed by atoms with Crippen LogP contribution in [0.3, 0.4) is 0 Å². The molecule has 1 atom stereocenters. The van der Waals surface area contributed by atoms with E-state index < -0.39 is 0 Å². The molecule has 1 nitrogen and oxygen atoms in total. The summed E-state index contributed by atoms with van der Waals surface area (Å²) in [7, 11) is 0. The fourth-order valence-corrected chi connectivity index (χ4v) is 2.89. The highest BCUT2D eigenvalue weighted by atomic mass is 35.5. The normalized spacial score (nSPS) is 12.4. The molecule has 0 saturated carbocycles. The molecule has 2 rings (SSSR count). The molecule has 0 aliphatic heterocycles. The number of hydrogen-bond acceptors (Lipinski definition) is 1. The van der Waals surface area contributed by atoms with Crippen LogP contribution in [-0.4, -0.2) is 6.54 Å². The Kier molecular flexibility index (Phi) is 5.47. The molecule has 0 aliphatic rings. The SMILES string of the molecule is CCNC(Cc1ccccc1Cl)c1ccc(Cl)cc1C. The molecule has 0 saturated heterocycles. The van der Waals surface area contributed by atoms with Gasteiger partial charge >= 0.3 is 0 Å². The van der Waals surface area contributed by atoms with Crippen LogP contribution >= 0.6 is 23.2 Å². The molecule has 106 valence electrons. The van der Waals surface area contributed by atoms with Crippen LogP contribution in [0, 0.1) is 6.92 Å². The zero-order chi connectivity index (χ0) is 14.5. The zero-order valence-electron chi connectivity index (χ0n) is 11.8. The predicted molar refractivity (Wildman–Crippen MR) is 87.8 cm³/mol. The summed E-state index contributed by atoms with van der Waals surface area (Å²) in [5.41, 5.74) is 3.64. The minimum absolute atomic E-state index is 0.247. The predicted octanol–water partition coefficient (Wildman–Crippen LogP) is 5.20. The Balaban J connectivity index is 2.29. The second kappa shape index (κ2) is 7.12. The molecular weight excluding hydrogens is 289 g/mol. The van der Waals surface area contributed by atoms with E-state index in [1.807, 2.05) is 30.3 Å². The number of halogens is 2. The van der Waals surface area contributed by atoms with Crippen LogP contribution in [0.25, 0.3) is 0 Å². The number of nitrogens with one attached hydrogen (secondary N) is 1. The van der Waals surface area contributed by atoms with E-state index in [2.05, 4.69) is 31.3 Å². The van der Waals surface area contributed by atoms with E-state index in [1.165, 1.54) is 11.1 Å². The first-order valence-electron chi connectivity index (χ1n) is 6.84. The van der Waals surface area contributed by atoms with Crippen molar-refractivity contribution < 1.29 is 0 Å². The molecule has 0 spiro atoms. The molecule has 0 bridgehead atoms. The van der Waals surface area contributed by atoms with Gasteiger partial charge in [0.1, 0.15) is 0 Å². The van der Waals surface area contributed by atoms with Gasteiger partial charge in [-0.05, 0) is 54.8 Å². The summed E-state index contributed by atoms with van der Waals surface area (Å²) >= 11 is 12.3. The van der Waals surface area contributed by atoms with Gasteiger partial charge in [0.05, 0.1) is 0 Å². The van der Waals surface area contributed by atoms with Crippen LogP contribution in [0.1, 0.15) is 29.7 Å². The molecule has 1 N–H and O–H groups in total. The molecule has 0 amide bonds. The maximum absolute atomic E-state index is 6.27. The van der Waals surface area contributed by atoms with E-state index in [-0.39, 0.29) is 6.04 Å². The van der Waals surface area contributed by atoms with E-state index in [1.54, 1.807) is 0 Å².